The van der Waals surface area contributed by atoms with Crippen LogP contribution in [0, 0.1) is 13.8 Å². The second-order valence-electron chi connectivity index (χ2n) is 4.76. The first-order valence-electron chi connectivity index (χ1n) is 6.41. The Morgan fingerprint density at radius 3 is 2.48 bits per heavy atom. The molecular weight excluding hydrogens is 288 g/mol. The van der Waals surface area contributed by atoms with Crippen molar-refractivity contribution >= 4 is 23.6 Å². The van der Waals surface area contributed by atoms with Crippen LogP contribution >= 0.6 is 11.6 Å². The van der Waals surface area contributed by atoms with E-state index in [2.05, 4.69) is 0 Å². The molecule has 0 aliphatic rings. The van der Waals surface area contributed by atoms with Gasteiger partial charge >= 0.3 is 5.97 Å². The summed E-state index contributed by atoms with van der Waals surface area (Å²) in [6, 6.07) is 11.1. The molecule has 0 unspecified atom stereocenters. The summed E-state index contributed by atoms with van der Waals surface area (Å²) in [6.45, 7) is 3.97. The minimum atomic E-state index is -1.02. The molecule has 0 aliphatic heterocycles. The summed E-state index contributed by atoms with van der Waals surface area (Å²) in [4.78, 5) is 10.7. The summed E-state index contributed by atoms with van der Waals surface area (Å²) in [7, 11) is 0. The minimum Gasteiger partial charge on any atom is -0.478 e. The third-order valence-electron chi connectivity index (χ3n) is 2.82. The van der Waals surface area contributed by atoms with Crippen molar-refractivity contribution in [3.63, 3.8) is 0 Å². The van der Waals surface area contributed by atoms with Gasteiger partial charge in [0.05, 0.1) is 5.02 Å². The van der Waals surface area contributed by atoms with Gasteiger partial charge in [-0.05, 0) is 49.2 Å². The highest BCUT2D eigenvalue weighted by Gasteiger charge is 2.09. The SMILES string of the molecule is Cc1cc(C)cc(Oc2c(Cl)cccc2/C=C/C(=O)O)c1. The number of hydrogen-bond acceptors (Lipinski definition) is 2. The molecule has 2 rings (SSSR count). The Bertz CT molecular complexity index is 685. The maximum absolute atomic E-state index is 10.7. The maximum Gasteiger partial charge on any atom is 0.328 e. The zero-order chi connectivity index (χ0) is 15.4. The molecule has 0 bridgehead atoms. The molecule has 0 heterocycles. The monoisotopic (exact) mass is 302 g/mol. The normalized spacial score (nSPS) is 10.8. The van der Waals surface area contributed by atoms with Crippen LogP contribution in [0.2, 0.25) is 5.02 Å². The van der Waals surface area contributed by atoms with Crippen LogP contribution in [0.5, 0.6) is 11.5 Å². The molecule has 21 heavy (non-hydrogen) atoms. The molecule has 0 fully saturated rings. The summed E-state index contributed by atoms with van der Waals surface area (Å²) in [5.74, 6) is 0.0968. The second-order valence-corrected chi connectivity index (χ2v) is 5.16. The molecule has 2 aromatic carbocycles. The van der Waals surface area contributed by atoms with Crippen molar-refractivity contribution < 1.29 is 14.6 Å². The standard InChI is InChI=1S/C17H15ClO3/c1-11-8-12(2)10-14(9-11)21-17-13(6-7-16(19)20)4-3-5-15(17)18/h3-10H,1-2H3,(H,19,20)/b7-6+. The van der Waals surface area contributed by atoms with Crippen LogP contribution in [-0.4, -0.2) is 11.1 Å². The van der Waals surface area contributed by atoms with Crippen molar-refractivity contribution in [1.82, 2.24) is 0 Å². The molecule has 0 aliphatic carbocycles. The maximum atomic E-state index is 10.7. The lowest BCUT2D eigenvalue weighted by Crippen LogP contribution is -1.91. The highest BCUT2D eigenvalue weighted by Crippen LogP contribution is 2.34. The highest BCUT2D eigenvalue weighted by atomic mass is 35.5. The summed E-state index contributed by atoms with van der Waals surface area (Å²) in [5.41, 5.74) is 2.78. The largest absolute Gasteiger partial charge is 0.478 e. The molecule has 4 heteroatoms. The third-order valence-corrected chi connectivity index (χ3v) is 3.12. The van der Waals surface area contributed by atoms with Crippen LogP contribution < -0.4 is 4.74 Å². The van der Waals surface area contributed by atoms with Gasteiger partial charge in [-0.25, -0.2) is 4.79 Å². The van der Waals surface area contributed by atoms with E-state index >= 15 is 0 Å². The molecule has 0 amide bonds. The minimum absolute atomic E-state index is 0.432. The molecule has 3 nitrogen and oxygen atoms in total. The van der Waals surface area contributed by atoms with Crippen LogP contribution in [0.3, 0.4) is 0 Å². The van der Waals surface area contributed by atoms with Gasteiger partial charge in [0.1, 0.15) is 5.75 Å². The number of aryl methyl sites for hydroxylation is 2. The number of carboxylic acids is 1. The van der Waals surface area contributed by atoms with Gasteiger partial charge in [0.2, 0.25) is 0 Å². The van der Waals surface area contributed by atoms with Gasteiger partial charge < -0.3 is 9.84 Å². The first kappa shape index (κ1) is 15.1. The predicted octanol–water partition coefficient (Wildman–Crippen LogP) is 4.85. The fraction of sp³-hybridized carbons (Fsp3) is 0.118. The number of para-hydroxylation sites is 1. The lowest BCUT2D eigenvalue weighted by molar-refractivity contribution is -0.131. The Hall–Kier alpha value is -2.26. The Labute approximate surface area is 128 Å². The lowest BCUT2D eigenvalue weighted by Gasteiger charge is -2.12. The van der Waals surface area contributed by atoms with Crippen LogP contribution in [0.25, 0.3) is 6.08 Å². The van der Waals surface area contributed by atoms with Crippen molar-refractivity contribution in [1.29, 1.82) is 0 Å². The van der Waals surface area contributed by atoms with Crippen molar-refractivity contribution in [2.75, 3.05) is 0 Å². The zero-order valence-corrected chi connectivity index (χ0v) is 12.5. The summed E-state index contributed by atoms with van der Waals surface area (Å²) in [6.07, 6.45) is 2.52. The number of carboxylic acid groups (broad SMARTS) is 1. The predicted molar refractivity (Wildman–Crippen MR) is 84.1 cm³/mol. The zero-order valence-electron chi connectivity index (χ0n) is 11.8. The van der Waals surface area contributed by atoms with E-state index in [9.17, 15) is 4.79 Å². The van der Waals surface area contributed by atoms with Gasteiger partial charge in [-0.2, -0.15) is 0 Å². The smallest absolute Gasteiger partial charge is 0.328 e. The molecule has 0 atom stereocenters. The number of carbonyl (C=O) groups is 1. The number of hydrogen-bond donors (Lipinski definition) is 1. The number of ether oxygens (including phenoxy) is 1. The van der Waals surface area contributed by atoms with Crippen LogP contribution in [0.15, 0.2) is 42.5 Å². The Morgan fingerprint density at radius 1 is 1.19 bits per heavy atom. The first-order chi connectivity index (χ1) is 9.95. The molecule has 0 saturated carbocycles. The van der Waals surface area contributed by atoms with Crippen molar-refractivity contribution in [2.45, 2.75) is 13.8 Å². The summed E-state index contributed by atoms with van der Waals surface area (Å²) >= 11 is 6.17. The molecule has 0 aromatic heterocycles. The van der Waals surface area contributed by atoms with E-state index < -0.39 is 5.97 Å². The molecule has 2 aromatic rings. The van der Waals surface area contributed by atoms with E-state index in [1.54, 1.807) is 18.2 Å². The third kappa shape index (κ3) is 4.10. The van der Waals surface area contributed by atoms with Crippen LogP contribution in [0.4, 0.5) is 0 Å². The van der Waals surface area contributed by atoms with E-state index in [0.29, 0.717) is 22.1 Å². The van der Waals surface area contributed by atoms with Crippen molar-refractivity contribution in [2.24, 2.45) is 0 Å². The topological polar surface area (TPSA) is 46.5 Å². The fourth-order valence-corrected chi connectivity index (χ4v) is 2.26. The molecule has 0 spiro atoms. The van der Waals surface area contributed by atoms with Gasteiger partial charge in [0, 0.05) is 11.6 Å². The molecule has 0 radical (unpaired) electrons. The summed E-state index contributed by atoms with van der Waals surface area (Å²) in [5, 5.41) is 9.17. The Kier molecular flexibility index (Phi) is 4.66. The first-order valence-corrected chi connectivity index (χ1v) is 6.79. The van der Waals surface area contributed by atoms with Crippen molar-refractivity contribution in [3.8, 4) is 11.5 Å². The lowest BCUT2D eigenvalue weighted by atomic mass is 10.1. The van der Waals surface area contributed by atoms with Crippen LogP contribution in [0.1, 0.15) is 16.7 Å². The van der Waals surface area contributed by atoms with E-state index in [0.717, 1.165) is 17.2 Å². The van der Waals surface area contributed by atoms with Gasteiger partial charge in [0.15, 0.2) is 5.75 Å². The number of benzene rings is 2. The fourth-order valence-electron chi connectivity index (χ4n) is 2.04. The number of halogens is 1. The molecular formula is C17H15ClO3. The molecule has 0 saturated heterocycles. The summed E-state index contributed by atoms with van der Waals surface area (Å²) < 4.78 is 5.86. The van der Waals surface area contributed by atoms with E-state index in [-0.39, 0.29) is 0 Å². The molecule has 108 valence electrons. The van der Waals surface area contributed by atoms with Gasteiger partial charge in [-0.15, -0.1) is 0 Å². The van der Waals surface area contributed by atoms with E-state index in [1.165, 1.54) is 6.08 Å². The van der Waals surface area contributed by atoms with Crippen molar-refractivity contribution in [3.05, 3.63) is 64.2 Å². The average molecular weight is 303 g/mol. The average Bonchev–Trinajstić information content (AvgIpc) is 2.38. The van der Waals surface area contributed by atoms with Gasteiger partial charge in [-0.1, -0.05) is 29.8 Å². The highest BCUT2D eigenvalue weighted by molar-refractivity contribution is 6.32. The Morgan fingerprint density at radius 2 is 1.86 bits per heavy atom. The van der Waals surface area contributed by atoms with E-state index in [4.69, 9.17) is 21.4 Å². The quantitative estimate of drug-likeness (QED) is 0.821. The number of aliphatic carboxylic acids is 1. The Balaban J connectivity index is 2.40. The van der Waals surface area contributed by atoms with Gasteiger partial charge in [0.25, 0.3) is 0 Å². The van der Waals surface area contributed by atoms with Gasteiger partial charge in [-0.3, -0.25) is 0 Å². The molecule has 1 N–H and O–H groups in total. The van der Waals surface area contributed by atoms with Crippen LogP contribution in [-0.2, 0) is 4.79 Å². The van der Waals surface area contributed by atoms with E-state index in [1.807, 2.05) is 32.0 Å². The second kappa shape index (κ2) is 6.46. The number of rotatable bonds is 4.